The standard InChI is InChI=1S/C17H27N3O6/c1-17(2,3)26-15(23)18-11-6-4-5-7-12-9-19(16(24)25)10-13(14(21)22)20(12)8-11/h4-5,11-13H,6-10H2,1-3H3,(H,18,23)(H,21,22)(H,24,25)/b5-4-. The largest absolute Gasteiger partial charge is 0.480 e. The van der Waals surface area contributed by atoms with Gasteiger partial charge in [-0.15, -0.1) is 0 Å². The van der Waals surface area contributed by atoms with E-state index in [1.54, 1.807) is 25.7 Å². The van der Waals surface area contributed by atoms with Crippen LogP contribution in [0, 0.1) is 0 Å². The van der Waals surface area contributed by atoms with E-state index in [1.165, 1.54) is 0 Å². The van der Waals surface area contributed by atoms with Crippen LogP contribution in [-0.4, -0.2) is 81.5 Å². The molecule has 1 fully saturated rings. The fourth-order valence-electron chi connectivity index (χ4n) is 3.29. The van der Waals surface area contributed by atoms with Gasteiger partial charge in [-0.1, -0.05) is 12.2 Å². The van der Waals surface area contributed by atoms with E-state index in [2.05, 4.69) is 5.32 Å². The average Bonchev–Trinajstić information content (AvgIpc) is 2.47. The second kappa shape index (κ2) is 7.94. The topological polar surface area (TPSA) is 119 Å². The summed E-state index contributed by atoms with van der Waals surface area (Å²) in [5.41, 5.74) is -0.624. The van der Waals surface area contributed by atoms with Crippen LogP contribution in [0.25, 0.3) is 0 Å². The predicted octanol–water partition coefficient (Wildman–Crippen LogP) is 1.35. The van der Waals surface area contributed by atoms with Crippen molar-refractivity contribution >= 4 is 18.2 Å². The van der Waals surface area contributed by atoms with Gasteiger partial charge in [0.05, 0.1) is 6.54 Å². The maximum atomic E-state index is 12.1. The van der Waals surface area contributed by atoms with E-state index < -0.39 is 29.8 Å². The van der Waals surface area contributed by atoms with Crippen LogP contribution in [0.4, 0.5) is 9.59 Å². The summed E-state index contributed by atoms with van der Waals surface area (Å²) >= 11 is 0. The zero-order chi connectivity index (χ0) is 19.5. The van der Waals surface area contributed by atoms with Crippen molar-refractivity contribution < 1.29 is 29.3 Å². The maximum Gasteiger partial charge on any atom is 0.407 e. The molecule has 0 saturated carbocycles. The van der Waals surface area contributed by atoms with Crippen LogP contribution in [-0.2, 0) is 9.53 Å². The van der Waals surface area contributed by atoms with Crippen LogP contribution in [0.5, 0.6) is 0 Å². The fourth-order valence-corrected chi connectivity index (χ4v) is 3.29. The van der Waals surface area contributed by atoms with Gasteiger partial charge in [-0.3, -0.25) is 9.69 Å². The number of carboxylic acid groups (broad SMARTS) is 2. The molecular weight excluding hydrogens is 342 g/mol. The smallest absolute Gasteiger partial charge is 0.407 e. The third-order valence-electron chi connectivity index (χ3n) is 4.40. The van der Waals surface area contributed by atoms with Crippen molar-refractivity contribution in [1.29, 1.82) is 0 Å². The molecule has 9 heteroatoms. The van der Waals surface area contributed by atoms with Gasteiger partial charge in [0.25, 0.3) is 0 Å². The van der Waals surface area contributed by atoms with Crippen LogP contribution in [0.1, 0.15) is 33.6 Å². The van der Waals surface area contributed by atoms with E-state index in [-0.39, 0.29) is 25.2 Å². The second-order valence-corrected chi connectivity index (χ2v) is 7.68. The molecule has 3 atom stereocenters. The van der Waals surface area contributed by atoms with Gasteiger partial charge in [-0.05, 0) is 33.6 Å². The van der Waals surface area contributed by atoms with E-state index in [9.17, 15) is 24.6 Å². The highest BCUT2D eigenvalue weighted by Gasteiger charge is 2.41. The number of ether oxygens (including phenoxy) is 1. The quantitative estimate of drug-likeness (QED) is 0.629. The normalized spacial score (nSPS) is 28.3. The number of amides is 2. The summed E-state index contributed by atoms with van der Waals surface area (Å²) in [4.78, 5) is 38.0. The highest BCUT2D eigenvalue weighted by atomic mass is 16.6. The van der Waals surface area contributed by atoms with Crippen LogP contribution < -0.4 is 5.32 Å². The van der Waals surface area contributed by atoms with Gasteiger partial charge in [0.15, 0.2) is 0 Å². The molecule has 1 saturated heterocycles. The number of carbonyl (C=O) groups is 3. The summed E-state index contributed by atoms with van der Waals surface area (Å²) in [6, 6.07) is -1.51. The SMILES string of the molecule is CC(C)(C)OC(=O)NC1C/C=C\CC2CN(C(=O)O)CC(C(=O)O)N2C1. The van der Waals surface area contributed by atoms with Crippen molar-refractivity contribution in [2.75, 3.05) is 19.6 Å². The Kier molecular flexibility index (Phi) is 6.12. The predicted molar refractivity (Wildman–Crippen MR) is 93.0 cm³/mol. The third kappa shape index (κ3) is 5.35. The molecule has 0 aromatic rings. The molecule has 2 aliphatic rings. The molecule has 2 amide bonds. The summed E-state index contributed by atoms with van der Waals surface area (Å²) < 4.78 is 5.28. The fraction of sp³-hybridized carbons (Fsp3) is 0.706. The number of alkyl carbamates (subject to hydrolysis) is 1. The summed E-state index contributed by atoms with van der Waals surface area (Å²) in [6.45, 7) is 5.77. The Morgan fingerprint density at radius 2 is 1.73 bits per heavy atom. The maximum absolute atomic E-state index is 12.1. The molecule has 0 bridgehead atoms. The lowest BCUT2D eigenvalue weighted by molar-refractivity contribution is -0.147. The number of hydrogen-bond acceptors (Lipinski definition) is 5. The molecule has 2 heterocycles. The summed E-state index contributed by atoms with van der Waals surface area (Å²) in [7, 11) is 0. The number of carboxylic acids is 1. The number of nitrogens with zero attached hydrogens (tertiary/aromatic N) is 2. The summed E-state index contributed by atoms with van der Waals surface area (Å²) in [5.74, 6) is -1.07. The highest BCUT2D eigenvalue weighted by Crippen LogP contribution is 2.22. The first-order chi connectivity index (χ1) is 12.1. The first kappa shape index (κ1) is 20.0. The van der Waals surface area contributed by atoms with E-state index in [0.29, 0.717) is 19.4 Å². The number of aliphatic carboxylic acids is 1. The minimum atomic E-state index is -1.12. The zero-order valence-corrected chi connectivity index (χ0v) is 15.3. The lowest BCUT2D eigenvalue weighted by Crippen LogP contribution is -2.64. The van der Waals surface area contributed by atoms with Gasteiger partial charge in [0.2, 0.25) is 0 Å². The Bertz CT molecular complexity index is 586. The number of rotatable bonds is 2. The number of piperazine rings is 1. The molecule has 2 aliphatic heterocycles. The summed E-state index contributed by atoms with van der Waals surface area (Å²) in [5, 5.41) is 21.6. The molecule has 26 heavy (non-hydrogen) atoms. The Hall–Kier alpha value is -2.29. The van der Waals surface area contributed by atoms with E-state index >= 15 is 0 Å². The van der Waals surface area contributed by atoms with Crippen molar-refractivity contribution in [2.45, 2.75) is 57.3 Å². The van der Waals surface area contributed by atoms with E-state index in [4.69, 9.17) is 4.74 Å². The summed E-state index contributed by atoms with van der Waals surface area (Å²) in [6.07, 6.45) is 3.28. The molecule has 2 rings (SSSR count). The minimum absolute atomic E-state index is 0.0932. The molecule has 0 spiro atoms. The van der Waals surface area contributed by atoms with Crippen LogP contribution in [0.15, 0.2) is 12.2 Å². The number of nitrogens with one attached hydrogen (secondary N) is 1. The Morgan fingerprint density at radius 1 is 1.08 bits per heavy atom. The lowest BCUT2D eigenvalue weighted by Gasteiger charge is -2.45. The number of fused-ring (bicyclic) bond motifs is 1. The number of hydrogen-bond donors (Lipinski definition) is 3. The van der Waals surface area contributed by atoms with Crippen LogP contribution in [0.3, 0.4) is 0 Å². The first-order valence-corrected chi connectivity index (χ1v) is 8.67. The van der Waals surface area contributed by atoms with Crippen molar-refractivity contribution in [2.24, 2.45) is 0 Å². The van der Waals surface area contributed by atoms with Crippen molar-refractivity contribution in [3.8, 4) is 0 Å². The molecular formula is C17H27N3O6. The van der Waals surface area contributed by atoms with Crippen LogP contribution in [0.2, 0.25) is 0 Å². The second-order valence-electron chi connectivity index (χ2n) is 7.68. The van der Waals surface area contributed by atoms with Gasteiger partial charge in [-0.2, -0.15) is 0 Å². The van der Waals surface area contributed by atoms with Gasteiger partial charge < -0.3 is 25.2 Å². The van der Waals surface area contributed by atoms with Crippen LogP contribution >= 0.6 is 0 Å². The monoisotopic (exact) mass is 369 g/mol. The van der Waals surface area contributed by atoms with Crippen molar-refractivity contribution in [3.05, 3.63) is 12.2 Å². The molecule has 146 valence electrons. The molecule has 0 aromatic carbocycles. The van der Waals surface area contributed by atoms with Gasteiger partial charge in [0.1, 0.15) is 11.6 Å². The Morgan fingerprint density at radius 3 is 2.31 bits per heavy atom. The molecule has 3 N–H and O–H groups in total. The lowest BCUT2D eigenvalue weighted by atomic mass is 9.98. The molecule has 0 aliphatic carbocycles. The average molecular weight is 369 g/mol. The third-order valence-corrected chi connectivity index (χ3v) is 4.40. The van der Waals surface area contributed by atoms with Gasteiger partial charge in [0, 0.05) is 25.2 Å². The van der Waals surface area contributed by atoms with Gasteiger partial charge in [-0.25, -0.2) is 9.59 Å². The highest BCUT2D eigenvalue weighted by molar-refractivity contribution is 5.76. The van der Waals surface area contributed by atoms with Crippen molar-refractivity contribution in [1.82, 2.24) is 15.1 Å². The molecule has 0 radical (unpaired) electrons. The Balaban J connectivity index is 2.14. The molecule has 9 nitrogen and oxygen atoms in total. The van der Waals surface area contributed by atoms with E-state index in [0.717, 1.165) is 4.90 Å². The molecule has 0 aromatic heterocycles. The number of carbonyl (C=O) groups excluding carboxylic acids is 1. The first-order valence-electron chi connectivity index (χ1n) is 8.67. The molecule has 3 unspecified atom stereocenters. The minimum Gasteiger partial charge on any atom is -0.480 e. The van der Waals surface area contributed by atoms with E-state index in [1.807, 2.05) is 12.2 Å². The zero-order valence-electron chi connectivity index (χ0n) is 15.3. The van der Waals surface area contributed by atoms with Gasteiger partial charge >= 0.3 is 18.2 Å². The Labute approximate surface area is 152 Å². The van der Waals surface area contributed by atoms with Crippen molar-refractivity contribution in [3.63, 3.8) is 0 Å².